The minimum atomic E-state index is -0.0394. The monoisotopic (exact) mass is 370 g/mol. The van der Waals surface area contributed by atoms with Gasteiger partial charge in [0.05, 0.1) is 5.75 Å². The number of nitrogens with one attached hydrogen (secondary N) is 2. The molecular formula is C19H22N4O2S. The first-order valence-corrected chi connectivity index (χ1v) is 10.1. The highest BCUT2D eigenvalue weighted by Gasteiger charge is 2.15. The Bertz CT molecular complexity index is 931. The van der Waals surface area contributed by atoms with Gasteiger partial charge in [-0.1, -0.05) is 24.8 Å². The number of hydrogen-bond acceptors (Lipinski definition) is 5. The maximum absolute atomic E-state index is 12.1. The first-order chi connectivity index (χ1) is 12.7. The minimum Gasteiger partial charge on any atom is -0.416 e. The summed E-state index contributed by atoms with van der Waals surface area (Å²) in [5.41, 5.74) is 5.16. The SMILES string of the molecule is CCc1nnc(SCC(=O)NCc2ccc3[nH]c4c(c3c2)CCCC4)o1. The van der Waals surface area contributed by atoms with Crippen molar-refractivity contribution < 1.29 is 9.21 Å². The normalized spacial score (nSPS) is 13.7. The molecule has 0 atom stereocenters. The molecule has 7 heteroatoms. The summed E-state index contributed by atoms with van der Waals surface area (Å²) >= 11 is 1.27. The quantitative estimate of drug-likeness (QED) is 0.650. The molecule has 0 spiro atoms. The summed E-state index contributed by atoms with van der Waals surface area (Å²) < 4.78 is 5.40. The molecule has 4 rings (SSSR count). The molecule has 2 aromatic heterocycles. The molecule has 0 bridgehead atoms. The lowest BCUT2D eigenvalue weighted by Crippen LogP contribution is -2.24. The number of aromatic amines is 1. The second-order valence-corrected chi connectivity index (χ2v) is 7.48. The van der Waals surface area contributed by atoms with Gasteiger partial charge in [-0.2, -0.15) is 0 Å². The number of aromatic nitrogens is 3. The number of fused-ring (bicyclic) bond motifs is 3. The van der Waals surface area contributed by atoms with Crippen molar-refractivity contribution in [3.8, 4) is 0 Å². The third-order valence-corrected chi connectivity index (χ3v) is 5.55. The Labute approximate surface area is 156 Å². The van der Waals surface area contributed by atoms with Crippen LogP contribution in [0.4, 0.5) is 0 Å². The summed E-state index contributed by atoms with van der Waals surface area (Å²) in [6.45, 7) is 2.48. The number of carbonyl (C=O) groups excluding carboxylic acids is 1. The predicted octanol–water partition coefficient (Wildman–Crippen LogP) is 3.40. The Hall–Kier alpha value is -2.28. The van der Waals surface area contributed by atoms with Crippen LogP contribution in [0.2, 0.25) is 0 Å². The number of aryl methyl sites for hydroxylation is 3. The third kappa shape index (κ3) is 3.62. The molecule has 1 amide bonds. The highest BCUT2D eigenvalue weighted by atomic mass is 32.2. The lowest BCUT2D eigenvalue weighted by molar-refractivity contribution is -0.118. The third-order valence-electron chi connectivity index (χ3n) is 4.73. The largest absolute Gasteiger partial charge is 0.416 e. The average Bonchev–Trinajstić information content (AvgIpc) is 3.28. The minimum absolute atomic E-state index is 0.0394. The van der Waals surface area contributed by atoms with Crippen LogP contribution in [0.3, 0.4) is 0 Å². The van der Waals surface area contributed by atoms with E-state index in [1.807, 2.05) is 6.92 Å². The van der Waals surface area contributed by atoms with E-state index in [0.717, 1.165) is 18.4 Å². The van der Waals surface area contributed by atoms with E-state index in [4.69, 9.17) is 4.42 Å². The fourth-order valence-corrected chi connectivity index (χ4v) is 3.99. The smallest absolute Gasteiger partial charge is 0.277 e. The maximum atomic E-state index is 12.1. The van der Waals surface area contributed by atoms with Crippen LogP contribution >= 0.6 is 11.8 Å². The Morgan fingerprint density at radius 1 is 1.31 bits per heavy atom. The van der Waals surface area contributed by atoms with Crippen LogP contribution in [0, 0.1) is 0 Å². The summed E-state index contributed by atoms with van der Waals surface area (Å²) in [4.78, 5) is 15.6. The zero-order valence-corrected chi connectivity index (χ0v) is 15.6. The molecule has 0 aliphatic heterocycles. The van der Waals surface area contributed by atoms with Gasteiger partial charge < -0.3 is 14.7 Å². The first-order valence-electron chi connectivity index (χ1n) is 9.07. The maximum Gasteiger partial charge on any atom is 0.277 e. The van der Waals surface area contributed by atoms with Gasteiger partial charge in [-0.25, -0.2) is 0 Å². The standard InChI is InChI=1S/C19H22N4O2S/c1-2-18-22-23-19(25-18)26-11-17(24)20-10-12-7-8-16-14(9-12)13-5-3-4-6-15(13)21-16/h7-9,21H,2-6,10-11H2,1H3,(H,20,24). The van der Waals surface area contributed by atoms with Crippen molar-refractivity contribution in [2.75, 3.05) is 5.75 Å². The van der Waals surface area contributed by atoms with E-state index < -0.39 is 0 Å². The van der Waals surface area contributed by atoms with Gasteiger partial charge in [0.2, 0.25) is 11.8 Å². The molecule has 1 aliphatic rings. The van der Waals surface area contributed by atoms with Crippen LogP contribution in [0.5, 0.6) is 0 Å². The van der Waals surface area contributed by atoms with Crippen LogP contribution in [0.25, 0.3) is 10.9 Å². The Balaban J connectivity index is 1.35. The lowest BCUT2D eigenvalue weighted by Gasteiger charge is -2.10. The fraction of sp³-hybridized carbons (Fsp3) is 0.421. The summed E-state index contributed by atoms with van der Waals surface area (Å²) in [6, 6.07) is 6.40. The first kappa shape index (κ1) is 17.1. The number of thioether (sulfide) groups is 1. The van der Waals surface area contributed by atoms with E-state index in [1.54, 1.807) is 0 Å². The van der Waals surface area contributed by atoms with E-state index in [-0.39, 0.29) is 11.7 Å². The predicted molar refractivity (Wildman–Crippen MR) is 101 cm³/mol. The fourth-order valence-electron chi connectivity index (χ4n) is 3.38. The molecule has 0 saturated heterocycles. The Kier molecular flexibility index (Phi) is 4.97. The zero-order chi connectivity index (χ0) is 17.9. The van der Waals surface area contributed by atoms with E-state index in [9.17, 15) is 4.79 Å². The number of nitrogens with zero attached hydrogens (tertiary/aromatic N) is 2. The molecule has 136 valence electrons. The molecule has 2 heterocycles. The lowest BCUT2D eigenvalue weighted by atomic mass is 9.95. The number of H-pyrrole nitrogens is 1. The van der Waals surface area contributed by atoms with Crippen molar-refractivity contribution in [1.29, 1.82) is 0 Å². The molecule has 0 saturated carbocycles. The molecule has 2 N–H and O–H groups in total. The van der Waals surface area contributed by atoms with Gasteiger partial charge in [-0.05, 0) is 48.9 Å². The van der Waals surface area contributed by atoms with Crippen molar-refractivity contribution >= 4 is 28.6 Å². The van der Waals surface area contributed by atoms with Crippen molar-refractivity contribution in [2.45, 2.75) is 50.8 Å². The molecule has 0 unspecified atom stereocenters. The summed E-state index contributed by atoms with van der Waals surface area (Å²) in [6.07, 6.45) is 5.51. The Morgan fingerprint density at radius 3 is 3.04 bits per heavy atom. The number of hydrogen-bond donors (Lipinski definition) is 2. The average molecular weight is 370 g/mol. The van der Waals surface area contributed by atoms with Gasteiger partial charge in [0.25, 0.3) is 5.22 Å². The molecule has 1 aromatic carbocycles. The van der Waals surface area contributed by atoms with E-state index in [0.29, 0.717) is 24.1 Å². The topological polar surface area (TPSA) is 83.8 Å². The van der Waals surface area contributed by atoms with Gasteiger partial charge in [-0.15, -0.1) is 10.2 Å². The van der Waals surface area contributed by atoms with Crippen molar-refractivity contribution in [3.63, 3.8) is 0 Å². The Morgan fingerprint density at radius 2 is 2.19 bits per heavy atom. The zero-order valence-electron chi connectivity index (χ0n) is 14.8. The second kappa shape index (κ2) is 7.53. The number of carbonyl (C=O) groups is 1. The molecule has 0 fully saturated rings. The van der Waals surface area contributed by atoms with Gasteiger partial charge in [0.15, 0.2) is 0 Å². The van der Waals surface area contributed by atoms with Gasteiger partial charge in [0.1, 0.15) is 0 Å². The molecule has 0 radical (unpaired) electrons. The van der Waals surface area contributed by atoms with Crippen molar-refractivity contribution in [2.24, 2.45) is 0 Å². The van der Waals surface area contributed by atoms with Crippen molar-refractivity contribution in [3.05, 3.63) is 40.9 Å². The van der Waals surface area contributed by atoms with E-state index in [2.05, 4.69) is 38.7 Å². The number of rotatable bonds is 6. The molecule has 6 nitrogen and oxygen atoms in total. The van der Waals surface area contributed by atoms with Gasteiger partial charge in [-0.3, -0.25) is 4.79 Å². The van der Waals surface area contributed by atoms with Gasteiger partial charge in [0, 0.05) is 29.6 Å². The highest BCUT2D eigenvalue weighted by molar-refractivity contribution is 7.99. The van der Waals surface area contributed by atoms with E-state index >= 15 is 0 Å². The van der Waals surface area contributed by atoms with Crippen LogP contribution in [0.15, 0.2) is 27.8 Å². The van der Waals surface area contributed by atoms with Crippen LogP contribution in [-0.2, 0) is 30.6 Å². The summed E-state index contributed by atoms with van der Waals surface area (Å²) in [7, 11) is 0. The summed E-state index contributed by atoms with van der Waals surface area (Å²) in [5, 5.41) is 12.5. The number of benzene rings is 1. The highest BCUT2D eigenvalue weighted by Crippen LogP contribution is 2.29. The van der Waals surface area contributed by atoms with Crippen LogP contribution in [0.1, 0.15) is 42.5 Å². The summed E-state index contributed by atoms with van der Waals surface area (Å²) in [5.74, 6) is 0.825. The molecule has 26 heavy (non-hydrogen) atoms. The number of amides is 1. The van der Waals surface area contributed by atoms with Crippen molar-refractivity contribution in [1.82, 2.24) is 20.5 Å². The molecule has 1 aliphatic carbocycles. The van der Waals surface area contributed by atoms with E-state index in [1.165, 1.54) is 46.8 Å². The van der Waals surface area contributed by atoms with Crippen LogP contribution < -0.4 is 5.32 Å². The van der Waals surface area contributed by atoms with Crippen LogP contribution in [-0.4, -0.2) is 26.8 Å². The molecular weight excluding hydrogens is 348 g/mol. The van der Waals surface area contributed by atoms with Gasteiger partial charge >= 0.3 is 0 Å². The molecule has 3 aromatic rings. The second-order valence-electron chi connectivity index (χ2n) is 6.55.